The van der Waals surface area contributed by atoms with Crippen LogP contribution in [0, 0.1) is 11.3 Å². The third-order valence-electron chi connectivity index (χ3n) is 3.56. The summed E-state index contributed by atoms with van der Waals surface area (Å²) >= 11 is 0. The Hall–Kier alpha value is -0.0400. The molecule has 1 saturated carbocycles. The Morgan fingerprint density at radius 2 is 1.77 bits per heavy atom. The first-order chi connectivity index (χ1) is 6.02. The van der Waals surface area contributed by atoms with Crippen LogP contribution in [0.25, 0.3) is 0 Å². The van der Waals surface area contributed by atoms with Gasteiger partial charge in [-0.3, -0.25) is 0 Å². The summed E-state index contributed by atoms with van der Waals surface area (Å²) in [4.78, 5) is 0. The van der Waals surface area contributed by atoms with Gasteiger partial charge in [0.05, 0.1) is 0 Å². The van der Waals surface area contributed by atoms with E-state index in [1.807, 2.05) is 0 Å². The highest BCUT2D eigenvalue weighted by Gasteiger charge is 2.30. The maximum Gasteiger partial charge on any atom is 0.00156 e. The molecule has 13 heavy (non-hydrogen) atoms. The van der Waals surface area contributed by atoms with E-state index >= 15 is 0 Å². The van der Waals surface area contributed by atoms with Gasteiger partial charge in [-0.1, -0.05) is 33.1 Å². The lowest BCUT2D eigenvalue weighted by atomic mass is 9.68. The first kappa shape index (κ1) is 11.0. The molecule has 1 rings (SSSR count). The topological polar surface area (TPSA) is 26.0 Å². The number of nitrogens with two attached hydrogens (primary N) is 1. The summed E-state index contributed by atoms with van der Waals surface area (Å²) in [5.41, 5.74) is 6.35. The molecule has 2 N–H and O–H groups in total. The molecule has 1 atom stereocenters. The lowest BCUT2D eigenvalue weighted by Gasteiger charge is -2.38. The van der Waals surface area contributed by atoms with Crippen LogP contribution in [-0.4, -0.2) is 6.04 Å². The van der Waals surface area contributed by atoms with Crippen molar-refractivity contribution in [3.8, 4) is 0 Å². The second-order valence-electron chi connectivity index (χ2n) is 5.50. The van der Waals surface area contributed by atoms with E-state index in [0.29, 0.717) is 11.5 Å². The van der Waals surface area contributed by atoms with Gasteiger partial charge in [-0.25, -0.2) is 0 Å². The summed E-state index contributed by atoms with van der Waals surface area (Å²) < 4.78 is 0. The summed E-state index contributed by atoms with van der Waals surface area (Å²) in [5.74, 6) is 0.923. The SMILES string of the molecule is CC(N)CC(C)(C)C1CCCCC1. The van der Waals surface area contributed by atoms with Crippen molar-refractivity contribution in [1.29, 1.82) is 0 Å². The number of hydrogen-bond acceptors (Lipinski definition) is 1. The van der Waals surface area contributed by atoms with Crippen LogP contribution < -0.4 is 5.73 Å². The van der Waals surface area contributed by atoms with Gasteiger partial charge in [-0.2, -0.15) is 0 Å². The minimum atomic E-state index is 0.358. The zero-order valence-corrected chi connectivity index (χ0v) is 9.47. The zero-order chi connectivity index (χ0) is 9.90. The zero-order valence-electron chi connectivity index (χ0n) is 9.47. The molecule has 0 spiro atoms. The Morgan fingerprint density at radius 3 is 2.23 bits per heavy atom. The fraction of sp³-hybridized carbons (Fsp3) is 1.00. The second-order valence-corrected chi connectivity index (χ2v) is 5.50. The molecule has 78 valence electrons. The highest BCUT2D eigenvalue weighted by molar-refractivity contribution is 4.83. The third kappa shape index (κ3) is 3.30. The number of hydrogen-bond donors (Lipinski definition) is 1. The van der Waals surface area contributed by atoms with Crippen LogP contribution in [0.4, 0.5) is 0 Å². The molecule has 1 fully saturated rings. The molecule has 0 heterocycles. The van der Waals surface area contributed by atoms with E-state index in [2.05, 4.69) is 20.8 Å². The Bertz CT molecular complexity index is 143. The van der Waals surface area contributed by atoms with Crippen LogP contribution in [-0.2, 0) is 0 Å². The van der Waals surface area contributed by atoms with Gasteiger partial charge in [0.1, 0.15) is 0 Å². The fourth-order valence-corrected chi connectivity index (χ4v) is 2.88. The molecular formula is C12H25N. The molecular weight excluding hydrogens is 158 g/mol. The summed E-state index contributed by atoms with van der Waals surface area (Å²) in [5, 5.41) is 0. The maximum absolute atomic E-state index is 5.89. The number of rotatable bonds is 3. The Labute approximate surface area is 83.1 Å². The normalized spacial score (nSPS) is 23.1. The first-order valence-electron chi connectivity index (χ1n) is 5.78. The molecule has 0 amide bonds. The molecule has 1 aliphatic rings. The van der Waals surface area contributed by atoms with Crippen molar-refractivity contribution in [2.24, 2.45) is 17.1 Å². The molecule has 0 aromatic carbocycles. The molecule has 0 aromatic rings. The van der Waals surface area contributed by atoms with E-state index in [1.54, 1.807) is 0 Å². The highest BCUT2D eigenvalue weighted by Crippen LogP contribution is 2.40. The fourth-order valence-electron chi connectivity index (χ4n) is 2.88. The molecule has 1 heteroatoms. The Balaban J connectivity index is 2.45. The van der Waals surface area contributed by atoms with Gasteiger partial charge in [0, 0.05) is 6.04 Å². The predicted octanol–water partition coefficient (Wildman–Crippen LogP) is 3.33. The highest BCUT2D eigenvalue weighted by atomic mass is 14.6. The average Bonchev–Trinajstić information content (AvgIpc) is 2.04. The molecule has 1 unspecified atom stereocenters. The van der Waals surface area contributed by atoms with Crippen molar-refractivity contribution in [1.82, 2.24) is 0 Å². The van der Waals surface area contributed by atoms with Crippen molar-refractivity contribution in [2.75, 3.05) is 0 Å². The quantitative estimate of drug-likeness (QED) is 0.713. The largest absolute Gasteiger partial charge is 0.328 e. The van der Waals surface area contributed by atoms with Crippen molar-refractivity contribution in [3.05, 3.63) is 0 Å². The van der Waals surface area contributed by atoms with Gasteiger partial charge in [-0.15, -0.1) is 0 Å². The van der Waals surface area contributed by atoms with Gasteiger partial charge in [0.25, 0.3) is 0 Å². The third-order valence-corrected chi connectivity index (χ3v) is 3.56. The minimum Gasteiger partial charge on any atom is -0.328 e. The molecule has 0 saturated heterocycles. The molecule has 1 nitrogen and oxygen atoms in total. The van der Waals surface area contributed by atoms with Crippen LogP contribution in [0.5, 0.6) is 0 Å². The lowest BCUT2D eigenvalue weighted by Crippen LogP contribution is -2.32. The van der Waals surface area contributed by atoms with Gasteiger partial charge >= 0.3 is 0 Å². The molecule has 1 aliphatic carbocycles. The van der Waals surface area contributed by atoms with Gasteiger partial charge in [0.2, 0.25) is 0 Å². The van der Waals surface area contributed by atoms with E-state index < -0.39 is 0 Å². The van der Waals surface area contributed by atoms with Gasteiger partial charge < -0.3 is 5.73 Å². The predicted molar refractivity (Wildman–Crippen MR) is 58.6 cm³/mol. The van der Waals surface area contributed by atoms with Crippen LogP contribution in [0.1, 0.15) is 59.3 Å². The lowest BCUT2D eigenvalue weighted by molar-refractivity contribution is 0.138. The van der Waals surface area contributed by atoms with E-state index in [4.69, 9.17) is 5.73 Å². The first-order valence-corrected chi connectivity index (χ1v) is 5.78. The molecule has 0 aromatic heterocycles. The second kappa shape index (κ2) is 4.45. The summed E-state index contributed by atoms with van der Waals surface area (Å²) in [7, 11) is 0. The summed E-state index contributed by atoms with van der Waals surface area (Å²) in [6.45, 7) is 6.92. The van der Waals surface area contributed by atoms with Crippen molar-refractivity contribution in [2.45, 2.75) is 65.3 Å². The molecule has 0 bridgehead atoms. The van der Waals surface area contributed by atoms with E-state index in [0.717, 1.165) is 5.92 Å². The van der Waals surface area contributed by atoms with Crippen molar-refractivity contribution in [3.63, 3.8) is 0 Å². The van der Waals surface area contributed by atoms with E-state index in [-0.39, 0.29) is 0 Å². The molecule has 0 aliphatic heterocycles. The van der Waals surface area contributed by atoms with Crippen molar-refractivity contribution >= 4 is 0 Å². The smallest absolute Gasteiger partial charge is 0.00156 e. The maximum atomic E-state index is 5.89. The standard InChI is InChI=1S/C12H25N/c1-10(13)9-12(2,3)11-7-5-4-6-8-11/h10-11H,4-9,13H2,1-3H3. The average molecular weight is 183 g/mol. The van der Waals surface area contributed by atoms with Gasteiger partial charge in [-0.05, 0) is 37.5 Å². The van der Waals surface area contributed by atoms with Crippen LogP contribution in [0.3, 0.4) is 0 Å². The monoisotopic (exact) mass is 183 g/mol. The van der Waals surface area contributed by atoms with Gasteiger partial charge in [0.15, 0.2) is 0 Å². The Morgan fingerprint density at radius 1 is 1.23 bits per heavy atom. The van der Waals surface area contributed by atoms with Crippen LogP contribution >= 0.6 is 0 Å². The minimum absolute atomic E-state index is 0.358. The van der Waals surface area contributed by atoms with Crippen LogP contribution in [0.15, 0.2) is 0 Å². The van der Waals surface area contributed by atoms with E-state index in [1.165, 1.54) is 38.5 Å². The molecule has 0 radical (unpaired) electrons. The van der Waals surface area contributed by atoms with Crippen molar-refractivity contribution < 1.29 is 0 Å². The summed E-state index contributed by atoms with van der Waals surface area (Å²) in [6.07, 6.45) is 8.36. The Kier molecular flexibility index (Phi) is 3.78. The van der Waals surface area contributed by atoms with Crippen LogP contribution in [0.2, 0.25) is 0 Å². The summed E-state index contributed by atoms with van der Waals surface area (Å²) in [6, 6.07) is 0.358. The van der Waals surface area contributed by atoms with E-state index in [9.17, 15) is 0 Å².